The van der Waals surface area contributed by atoms with Crippen LogP contribution >= 0.6 is 0 Å². The smallest absolute Gasteiger partial charge is 0.256 e. The molecule has 13 heavy (non-hydrogen) atoms. The minimum Gasteiger partial charge on any atom is -0.316 e. The second kappa shape index (κ2) is 2.59. The summed E-state index contributed by atoms with van der Waals surface area (Å²) in [6, 6.07) is 0. The van der Waals surface area contributed by atoms with Gasteiger partial charge in [0.15, 0.2) is 0 Å². The van der Waals surface area contributed by atoms with Crippen molar-refractivity contribution in [1.82, 2.24) is 5.32 Å². The third-order valence-corrected chi connectivity index (χ3v) is 2.96. The van der Waals surface area contributed by atoms with Gasteiger partial charge in [-0.05, 0) is 0 Å². The largest absolute Gasteiger partial charge is 0.316 e. The lowest BCUT2D eigenvalue weighted by atomic mass is 9.73. The molecule has 1 saturated heterocycles. The van der Waals surface area contributed by atoms with Gasteiger partial charge in [-0.3, -0.25) is 0 Å². The van der Waals surface area contributed by atoms with Gasteiger partial charge >= 0.3 is 0 Å². The quantitative estimate of drug-likeness (QED) is 0.585. The minimum atomic E-state index is -2.90. The molecule has 2 fully saturated rings. The highest BCUT2D eigenvalue weighted by atomic mass is 19.3. The van der Waals surface area contributed by atoms with E-state index in [1.54, 1.807) is 0 Å². The molecule has 0 radical (unpaired) electrons. The molecule has 2 atom stereocenters. The second-order valence-electron chi connectivity index (χ2n) is 3.99. The van der Waals surface area contributed by atoms with Crippen LogP contribution in [0, 0.1) is 11.8 Å². The van der Waals surface area contributed by atoms with Crippen LogP contribution in [0.5, 0.6) is 0 Å². The van der Waals surface area contributed by atoms with E-state index >= 15 is 0 Å². The van der Waals surface area contributed by atoms with Gasteiger partial charge in [0.1, 0.15) is 0 Å². The lowest BCUT2D eigenvalue weighted by Gasteiger charge is -2.45. The number of halogens is 4. The maximum absolute atomic E-state index is 13.3. The zero-order valence-electron chi connectivity index (χ0n) is 6.99. The molecule has 1 aliphatic heterocycles. The van der Waals surface area contributed by atoms with Crippen molar-refractivity contribution in [3.8, 4) is 0 Å². The van der Waals surface area contributed by atoms with Gasteiger partial charge in [-0.1, -0.05) is 0 Å². The Morgan fingerprint density at radius 1 is 0.923 bits per heavy atom. The van der Waals surface area contributed by atoms with Crippen LogP contribution in [0.1, 0.15) is 12.8 Å². The van der Waals surface area contributed by atoms with Crippen LogP contribution in [-0.2, 0) is 0 Å². The van der Waals surface area contributed by atoms with Crippen LogP contribution in [0.25, 0.3) is 0 Å². The van der Waals surface area contributed by atoms with Crippen LogP contribution in [0.2, 0.25) is 0 Å². The number of hydrogen-bond donors (Lipinski definition) is 1. The van der Waals surface area contributed by atoms with E-state index in [0.29, 0.717) is 0 Å². The SMILES string of the molecule is FC1(F)CC2CNCC(C1)C2(F)F. The molecule has 1 nitrogen and oxygen atoms in total. The van der Waals surface area contributed by atoms with E-state index in [0.717, 1.165) is 0 Å². The molecule has 0 aromatic carbocycles. The Labute approximate surface area is 73.5 Å². The van der Waals surface area contributed by atoms with Crippen LogP contribution in [0.3, 0.4) is 0 Å². The summed E-state index contributed by atoms with van der Waals surface area (Å²) in [5, 5.41) is 2.77. The first-order chi connectivity index (χ1) is 5.92. The molecule has 2 aliphatic rings. The van der Waals surface area contributed by atoms with Gasteiger partial charge in [-0.25, -0.2) is 17.6 Å². The molecule has 0 spiro atoms. The van der Waals surface area contributed by atoms with Gasteiger partial charge in [0.25, 0.3) is 5.92 Å². The normalized spacial score (nSPS) is 41.5. The summed E-state index contributed by atoms with van der Waals surface area (Å²) in [5.41, 5.74) is 0. The maximum Gasteiger partial charge on any atom is 0.256 e. The Morgan fingerprint density at radius 2 is 1.38 bits per heavy atom. The van der Waals surface area contributed by atoms with Gasteiger partial charge in [-0.2, -0.15) is 0 Å². The molecule has 1 aliphatic carbocycles. The fourth-order valence-electron chi connectivity index (χ4n) is 2.26. The molecule has 2 unspecified atom stereocenters. The predicted octanol–water partition coefficient (Wildman–Crippen LogP) is 1.89. The van der Waals surface area contributed by atoms with Gasteiger partial charge in [0, 0.05) is 37.8 Å². The molecular weight excluding hydrogens is 186 g/mol. The molecule has 2 rings (SSSR count). The third kappa shape index (κ3) is 1.43. The Bertz CT molecular complexity index is 198. The summed E-state index contributed by atoms with van der Waals surface area (Å²) in [7, 11) is 0. The standard InChI is InChI=1S/C8H11F4N/c9-7(10)1-5-3-13-4-6(2-7)8(5,11)12/h5-6,13H,1-4H2. The van der Waals surface area contributed by atoms with Gasteiger partial charge in [0.2, 0.25) is 5.92 Å². The first kappa shape index (κ1) is 9.24. The van der Waals surface area contributed by atoms with Gasteiger partial charge in [-0.15, -0.1) is 0 Å². The number of hydrogen-bond acceptors (Lipinski definition) is 1. The van der Waals surface area contributed by atoms with E-state index in [-0.39, 0.29) is 13.1 Å². The summed E-state index contributed by atoms with van der Waals surface area (Å²) >= 11 is 0. The maximum atomic E-state index is 13.3. The van der Waals surface area contributed by atoms with Crippen molar-refractivity contribution in [3.05, 3.63) is 0 Å². The van der Waals surface area contributed by atoms with Crippen molar-refractivity contribution >= 4 is 0 Å². The summed E-state index contributed by atoms with van der Waals surface area (Å²) in [5.74, 6) is -8.16. The monoisotopic (exact) mass is 197 g/mol. The Morgan fingerprint density at radius 3 is 1.85 bits per heavy atom. The van der Waals surface area contributed by atoms with Crippen molar-refractivity contribution in [2.75, 3.05) is 13.1 Å². The van der Waals surface area contributed by atoms with E-state index in [9.17, 15) is 17.6 Å². The summed E-state index contributed by atoms with van der Waals surface area (Å²) in [6.45, 7) is 0.0260. The molecule has 2 bridgehead atoms. The van der Waals surface area contributed by atoms with E-state index in [1.165, 1.54) is 0 Å². The zero-order chi connectivity index (χ0) is 9.69. The van der Waals surface area contributed by atoms with E-state index in [1.807, 2.05) is 0 Å². The second-order valence-corrected chi connectivity index (χ2v) is 3.99. The highest BCUT2D eigenvalue weighted by Gasteiger charge is 2.59. The Kier molecular flexibility index (Phi) is 1.84. The molecule has 5 heteroatoms. The van der Waals surface area contributed by atoms with Crippen molar-refractivity contribution in [2.45, 2.75) is 24.7 Å². The summed E-state index contributed by atoms with van der Waals surface area (Å²) < 4.78 is 52.4. The number of nitrogens with one attached hydrogen (secondary N) is 1. The third-order valence-electron chi connectivity index (χ3n) is 2.96. The molecule has 0 aromatic heterocycles. The number of piperidine rings is 1. The summed E-state index contributed by atoms with van der Waals surface area (Å²) in [6.07, 6.45) is -1.35. The predicted molar refractivity (Wildman–Crippen MR) is 39.0 cm³/mol. The molecule has 1 N–H and O–H groups in total. The van der Waals surface area contributed by atoms with Crippen molar-refractivity contribution in [2.24, 2.45) is 11.8 Å². The highest BCUT2D eigenvalue weighted by Crippen LogP contribution is 2.50. The van der Waals surface area contributed by atoms with Gasteiger partial charge < -0.3 is 5.32 Å². The Balaban J connectivity index is 2.22. The highest BCUT2D eigenvalue weighted by molar-refractivity contribution is 4.99. The molecule has 1 heterocycles. The van der Waals surface area contributed by atoms with E-state index in [2.05, 4.69) is 5.32 Å². The number of fused-ring (bicyclic) bond motifs is 2. The fraction of sp³-hybridized carbons (Fsp3) is 1.00. The van der Waals surface area contributed by atoms with Crippen LogP contribution in [-0.4, -0.2) is 24.9 Å². The van der Waals surface area contributed by atoms with Gasteiger partial charge in [0.05, 0.1) is 0 Å². The van der Waals surface area contributed by atoms with Crippen molar-refractivity contribution in [1.29, 1.82) is 0 Å². The first-order valence-electron chi connectivity index (χ1n) is 4.38. The summed E-state index contributed by atoms with van der Waals surface area (Å²) in [4.78, 5) is 0. The fourth-order valence-corrected chi connectivity index (χ4v) is 2.26. The number of alkyl halides is 4. The average molecular weight is 197 g/mol. The lowest BCUT2D eigenvalue weighted by molar-refractivity contribution is -0.208. The molecule has 0 aromatic rings. The zero-order valence-corrected chi connectivity index (χ0v) is 6.99. The first-order valence-corrected chi connectivity index (χ1v) is 4.38. The van der Waals surface area contributed by atoms with Crippen LogP contribution in [0.4, 0.5) is 17.6 Å². The van der Waals surface area contributed by atoms with Crippen LogP contribution in [0.15, 0.2) is 0 Å². The lowest BCUT2D eigenvalue weighted by Crippen LogP contribution is -2.58. The van der Waals surface area contributed by atoms with E-state index in [4.69, 9.17) is 0 Å². The average Bonchev–Trinajstić information content (AvgIpc) is 1.93. The molecular formula is C8H11F4N. The minimum absolute atomic E-state index is 0.0130. The Hall–Kier alpha value is -0.320. The van der Waals surface area contributed by atoms with Crippen LogP contribution < -0.4 is 5.32 Å². The molecule has 1 saturated carbocycles. The number of rotatable bonds is 0. The van der Waals surface area contributed by atoms with Crippen molar-refractivity contribution < 1.29 is 17.6 Å². The molecule has 76 valence electrons. The topological polar surface area (TPSA) is 12.0 Å². The molecule has 0 amide bonds. The van der Waals surface area contributed by atoms with Crippen molar-refractivity contribution in [3.63, 3.8) is 0 Å². The van der Waals surface area contributed by atoms with E-state index < -0.39 is 36.5 Å².